The number of ether oxygens (including phenoxy) is 1. The molecular weight excluding hydrogens is 372 g/mol. The topological polar surface area (TPSA) is 105 Å². The van der Waals surface area contributed by atoms with Crippen LogP contribution in [0.15, 0.2) is 48.5 Å². The molecule has 3 rings (SSSR count). The highest BCUT2D eigenvalue weighted by molar-refractivity contribution is 5.88. The first kappa shape index (κ1) is 20.4. The summed E-state index contributed by atoms with van der Waals surface area (Å²) in [6.07, 6.45) is 0.334. The van der Waals surface area contributed by atoms with Gasteiger partial charge in [-0.1, -0.05) is 61.9 Å². The molecule has 1 aliphatic carbocycles. The Bertz CT molecular complexity index is 866. The van der Waals surface area contributed by atoms with Crippen LogP contribution in [0.1, 0.15) is 36.8 Å². The minimum absolute atomic E-state index is 0.0707. The monoisotopic (exact) mass is 396 g/mol. The molecule has 1 aliphatic rings. The highest BCUT2D eigenvalue weighted by Crippen LogP contribution is 2.44. The van der Waals surface area contributed by atoms with Crippen molar-refractivity contribution in [3.8, 4) is 11.1 Å². The molecule has 0 aromatic heterocycles. The number of rotatable bonds is 8. The van der Waals surface area contributed by atoms with Crippen LogP contribution in [0.5, 0.6) is 0 Å². The van der Waals surface area contributed by atoms with E-state index < -0.39 is 30.6 Å². The van der Waals surface area contributed by atoms with E-state index in [1.807, 2.05) is 43.3 Å². The van der Waals surface area contributed by atoms with E-state index in [1.165, 1.54) is 0 Å². The molecule has 2 aromatic rings. The van der Waals surface area contributed by atoms with Crippen molar-refractivity contribution in [1.82, 2.24) is 10.6 Å². The number of hydrogen-bond donors (Lipinski definition) is 3. The zero-order chi connectivity index (χ0) is 20.8. The Morgan fingerprint density at radius 1 is 1.03 bits per heavy atom. The molecule has 2 aromatic carbocycles. The van der Waals surface area contributed by atoms with Gasteiger partial charge in [-0.25, -0.2) is 4.79 Å². The average molecular weight is 396 g/mol. The first-order chi connectivity index (χ1) is 14.0. The maximum Gasteiger partial charge on any atom is 0.407 e. The summed E-state index contributed by atoms with van der Waals surface area (Å²) in [6, 6.07) is 15.2. The summed E-state index contributed by atoms with van der Waals surface area (Å²) in [6.45, 7) is 1.53. The first-order valence-corrected chi connectivity index (χ1v) is 9.62. The normalized spacial score (nSPS) is 13.1. The fourth-order valence-corrected chi connectivity index (χ4v) is 3.63. The second-order valence-electron chi connectivity index (χ2n) is 6.92. The molecule has 3 N–H and O–H groups in total. The zero-order valence-corrected chi connectivity index (χ0v) is 16.2. The lowest BCUT2D eigenvalue weighted by atomic mass is 9.98. The molecule has 7 heteroatoms. The van der Waals surface area contributed by atoms with Crippen molar-refractivity contribution in [2.45, 2.75) is 31.7 Å². The van der Waals surface area contributed by atoms with Gasteiger partial charge in [0.15, 0.2) is 0 Å². The number of carbonyl (C=O) groups excluding carboxylic acids is 2. The lowest BCUT2D eigenvalue weighted by Crippen LogP contribution is -2.48. The predicted octanol–water partition coefficient (Wildman–Crippen LogP) is 2.89. The fraction of sp³-hybridized carbons (Fsp3) is 0.318. The average Bonchev–Trinajstić information content (AvgIpc) is 3.04. The molecule has 0 saturated carbocycles. The minimum Gasteiger partial charge on any atom is -0.480 e. The molecule has 0 heterocycles. The van der Waals surface area contributed by atoms with Crippen LogP contribution in [0, 0.1) is 0 Å². The van der Waals surface area contributed by atoms with Crippen LogP contribution in [0.4, 0.5) is 4.79 Å². The third-order valence-corrected chi connectivity index (χ3v) is 4.94. The smallest absolute Gasteiger partial charge is 0.407 e. The summed E-state index contributed by atoms with van der Waals surface area (Å²) in [5.74, 6) is -1.75. The molecule has 0 fully saturated rings. The minimum atomic E-state index is -1.14. The van der Waals surface area contributed by atoms with Gasteiger partial charge in [-0.3, -0.25) is 9.59 Å². The van der Waals surface area contributed by atoms with E-state index in [2.05, 4.69) is 22.8 Å². The lowest BCUT2D eigenvalue weighted by molar-refractivity contribution is -0.138. The van der Waals surface area contributed by atoms with E-state index in [4.69, 9.17) is 9.84 Å². The largest absolute Gasteiger partial charge is 0.480 e. The van der Waals surface area contributed by atoms with Crippen LogP contribution in [0.3, 0.4) is 0 Å². The van der Waals surface area contributed by atoms with Crippen molar-refractivity contribution in [2.24, 2.45) is 0 Å². The van der Waals surface area contributed by atoms with Gasteiger partial charge in [-0.15, -0.1) is 0 Å². The molecule has 0 bridgehead atoms. The molecule has 152 valence electrons. The molecule has 2 amide bonds. The van der Waals surface area contributed by atoms with Gasteiger partial charge in [0.1, 0.15) is 19.2 Å². The van der Waals surface area contributed by atoms with E-state index in [0.717, 1.165) is 22.3 Å². The van der Waals surface area contributed by atoms with Gasteiger partial charge >= 0.3 is 12.1 Å². The molecular formula is C22H24N2O5. The van der Waals surface area contributed by atoms with Crippen molar-refractivity contribution < 1.29 is 24.2 Å². The molecule has 0 saturated heterocycles. The molecule has 0 spiro atoms. The molecule has 7 nitrogen and oxygen atoms in total. The maximum atomic E-state index is 12.3. The number of amides is 2. The third-order valence-electron chi connectivity index (χ3n) is 4.94. The number of aliphatic carboxylic acids is 1. The van der Waals surface area contributed by atoms with E-state index in [1.54, 1.807) is 0 Å². The number of carboxylic acid groups (broad SMARTS) is 1. The van der Waals surface area contributed by atoms with E-state index in [9.17, 15) is 14.4 Å². The van der Waals surface area contributed by atoms with Crippen LogP contribution in [0.2, 0.25) is 0 Å². The fourth-order valence-electron chi connectivity index (χ4n) is 3.63. The van der Waals surface area contributed by atoms with Crippen LogP contribution in [-0.2, 0) is 14.3 Å². The number of alkyl carbamates (subject to hydrolysis) is 1. The zero-order valence-electron chi connectivity index (χ0n) is 16.2. The van der Waals surface area contributed by atoms with Gasteiger partial charge in [-0.05, 0) is 28.7 Å². The van der Waals surface area contributed by atoms with Gasteiger partial charge in [0.2, 0.25) is 5.91 Å². The number of hydrogen-bond acceptors (Lipinski definition) is 4. The summed E-state index contributed by atoms with van der Waals surface area (Å²) in [7, 11) is 0. The van der Waals surface area contributed by atoms with Crippen LogP contribution in [0.25, 0.3) is 11.1 Å². The number of carboxylic acids is 1. The molecule has 1 atom stereocenters. The molecule has 0 aliphatic heterocycles. The van der Waals surface area contributed by atoms with Crippen molar-refractivity contribution in [1.29, 1.82) is 0 Å². The van der Waals surface area contributed by atoms with Gasteiger partial charge in [0.25, 0.3) is 0 Å². The van der Waals surface area contributed by atoms with Gasteiger partial charge < -0.3 is 20.5 Å². The number of carbonyl (C=O) groups is 3. The predicted molar refractivity (Wildman–Crippen MR) is 108 cm³/mol. The molecule has 0 unspecified atom stereocenters. The van der Waals surface area contributed by atoms with E-state index >= 15 is 0 Å². The number of nitrogens with one attached hydrogen (secondary N) is 2. The van der Waals surface area contributed by atoms with Gasteiger partial charge in [0, 0.05) is 5.92 Å². The Morgan fingerprint density at radius 3 is 2.17 bits per heavy atom. The summed E-state index contributed by atoms with van der Waals surface area (Å²) in [4.78, 5) is 35.1. The quantitative estimate of drug-likeness (QED) is 0.636. The standard InChI is InChI=1S/C22H24N2O5/c1-2-7-19(21(27)23-12-20(25)26)24-22(28)29-13-18-16-10-5-3-8-14(16)15-9-4-6-11-17(15)18/h3-6,8-11,18-19H,2,7,12-13H2,1H3,(H,23,27)(H,24,28)(H,25,26)/t19-/m1/s1. The summed E-state index contributed by atoms with van der Waals surface area (Å²) >= 11 is 0. The van der Waals surface area contributed by atoms with E-state index in [0.29, 0.717) is 12.8 Å². The molecule has 0 radical (unpaired) electrons. The van der Waals surface area contributed by atoms with Crippen molar-refractivity contribution >= 4 is 18.0 Å². The van der Waals surface area contributed by atoms with Crippen LogP contribution < -0.4 is 10.6 Å². The second-order valence-corrected chi connectivity index (χ2v) is 6.92. The van der Waals surface area contributed by atoms with E-state index in [-0.39, 0.29) is 12.5 Å². The highest BCUT2D eigenvalue weighted by Gasteiger charge is 2.29. The Morgan fingerprint density at radius 2 is 1.62 bits per heavy atom. The number of benzene rings is 2. The Kier molecular flexibility index (Phi) is 6.49. The SMILES string of the molecule is CCC[C@@H](NC(=O)OCC1c2ccccc2-c2ccccc21)C(=O)NCC(=O)O. The maximum absolute atomic E-state index is 12.3. The lowest BCUT2D eigenvalue weighted by Gasteiger charge is -2.19. The first-order valence-electron chi connectivity index (χ1n) is 9.62. The number of fused-ring (bicyclic) bond motifs is 3. The Labute approximate surface area is 169 Å². The third kappa shape index (κ3) is 4.74. The molecule has 29 heavy (non-hydrogen) atoms. The Balaban J connectivity index is 1.64. The Hall–Kier alpha value is -3.35. The van der Waals surface area contributed by atoms with Crippen molar-refractivity contribution in [3.63, 3.8) is 0 Å². The summed E-state index contributed by atoms with van der Waals surface area (Å²) in [5, 5.41) is 13.5. The van der Waals surface area contributed by atoms with Crippen LogP contribution in [-0.4, -0.2) is 42.3 Å². The summed E-state index contributed by atoms with van der Waals surface area (Å²) < 4.78 is 5.45. The highest BCUT2D eigenvalue weighted by atomic mass is 16.5. The second kappa shape index (κ2) is 9.23. The summed E-state index contributed by atoms with van der Waals surface area (Å²) in [5.41, 5.74) is 4.47. The van der Waals surface area contributed by atoms with Gasteiger partial charge in [-0.2, -0.15) is 0 Å². The van der Waals surface area contributed by atoms with Crippen molar-refractivity contribution in [3.05, 3.63) is 59.7 Å². The van der Waals surface area contributed by atoms with Crippen molar-refractivity contribution in [2.75, 3.05) is 13.2 Å². The van der Waals surface area contributed by atoms with Gasteiger partial charge in [0.05, 0.1) is 0 Å². The van der Waals surface area contributed by atoms with Crippen LogP contribution >= 0.6 is 0 Å².